The van der Waals surface area contributed by atoms with Crippen LogP contribution in [0.4, 0.5) is 0 Å². The van der Waals surface area contributed by atoms with E-state index >= 15 is 0 Å². The number of nitrogens with zero attached hydrogens (tertiary/aromatic N) is 2. The Balaban J connectivity index is 1.75. The molecule has 158 valence electrons. The first-order chi connectivity index (χ1) is 14.9. The zero-order valence-electron chi connectivity index (χ0n) is 16.5. The first-order valence-electron chi connectivity index (χ1n) is 9.19. The van der Waals surface area contributed by atoms with Gasteiger partial charge in [-0.1, -0.05) is 48.2 Å². The zero-order chi connectivity index (χ0) is 22.4. The van der Waals surface area contributed by atoms with Crippen LogP contribution in [-0.4, -0.2) is 39.9 Å². The Morgan fingerprint density at radius 2 is 2.06 bits per heavy atom. The average Bonchev–Trinajstić information content (AvgIpc) is 3.03. The maximum Gasteiger partial charge on any atom is 0.305 e. The molecule has 1 amide bonds. The highest BCUT2D eigenvalue weighted by Gasteiger charge is 2.32. The normalized spacial score (nSPS) is 14.6. The summed E-state index contributed by atoms with van der Waals surface area (Å²) in [5, 5.41) is 18.0. The second-order valence-corrected chi connectivity index (χ2v) is 8.12. The van der Waals surface area contributed by atoms with Gasteiger partial charge in [0.25, 0.3) is 5.91 Å². The maximum absolute atomic E-state index is 12.5. The van der Waals surface area contributed by atoms with E-state index in [9.17, 15) is 14.9 Å². The number of rotatable bonds is 8. The van der Waals surface area contributed by atoms with Gasteiger partial charge in [0.2, 0.25) is 0 Å². The third-order valence-corrected chi connectivity index (χ3v) is 5.81. The molecule has 1 N–H and O–H groups in total. The number of carbonyl (C=O) groups is 2. The van der Waals surface area contributed by atoms with E-state index in [0.29, 0.717) is 31.9 Å². The van der Waals surface area contributed by atoms with Crippen LogP contribution >= 0.6 is 24.0 Å². The molecule has 9 heteroatoms. The molecule has 0 bridgehead atoms. The van der Waals surface area contributed by atoms with Crippen molar-refractivity contribution in [3.8, 4) is 17.6 Å². The van der Waals surface area contributed by atoms with Crippen LogP contribution in [0.3, 0.4) is 0 Å². The molecule has 0 spiro atoms. The number of thiocarbonyl (C=S) groups is 1. The highest BCUT2D eigenvalue weighted by molar-refractivity contribution is 8.26. The van der Waals surface area contributed by atoms with Crippen molar-refractivity contribution in [3.05, 3.63) is 64.1 Å². The van der Waals surface area contributed by atoms with Crippen molar-refractivity contribution in [2.24, 2.45) is 0 Å². The molecule has 0 saturated carbocycles. The average molecular weight is 455 g/mol. The van der Waals surface area contributed by atoms with Gasteiger partial charge >= 0.3 is 5.97 Å². The van der Waals surface area contributed by atoms with Gasteiger partial charge in [0.1, 0.15) is 10.9 Å². The molecule has 0 radical (unpaired) electrons. The van der Waals surface area contributed by atoms with Crippen LogP contribution < -0.4 is 9.47 Å². The molecule has 0 atom stereocenters. The van der Waals surface area contributed by atoms with E-state index in [2.05, 4.69) is 6.07 Å². The van der Waals surface area contributed by atoms with Gasteiger partial charge in [0.05, 0.1) is 30.1 Å². The minimum atomic E-state index is -0.990. The minimum Gasteiger partial charge on any atom is -0.493 e. The number of aliphatic carboxylic acids is 1. The quantitative estimate of drug-likeness (QED) is 0.475. The Morgan fingerprint density at radius 3 is 2.77 bits per heavy atom. The molecule has 7 nitrogen and oxygen atoms in total. The van der Waals surface area contributed by atoms with Crippen LogP contribution in [0, 0.1) is 11.3 Å². The maximum atomic E-state index is 12.5. The van der Waals surface area contributed by atoms with E-state index in [0.717, 1.165) is 17.3 Å². The van der Waals surface area contributed by atoms with Crippen molar-refractivity contribution >= 4 is 46.3 Å². The van der Waals surface area contributed by atoms with E-state index in [1.165, 1.54) is 12.0 Å². The van der Waals surface area contributed by atoms with Crippen LogP contribution in [0.2, 0.25) is 0 Å². The van der Waals surface area contributed by atoms with Gasteiger partial charge in [0, 0.05) is 12.1 Å². The van der Waals surface area contributed by atoms with Crippen LogP contribution in [0.25, 0.3) is 6.08 Å². The lowest BCUT2D eigenvalue weighted by molar-refractivity contribution is -0.137. The van der Waals surface area contributed by atoms with Crippen LogP contribution in [0.1, 0.15) is 23.1 Å². The summed E-state index contributed by atoms with van der Waals surface area (Å²) in [6, 6.07) is 14.6. The number of nitriles is 1. The summed E-state index contributed by atoms with van der Waals surface area (Å²) < 4.78 is 11.6. The Labute approximate surface area is 188 Å². The first-order valence-corrected chi connectivity index (χ1v) is 10.4. The molecule has 0 aromatic heterocycles. The van der Waals surface area contributed by atoms with E-state index < -0.39 is 5.97 Å². The Morgan fingerprint density at radius 1 is 1.29 bits per heavy atom. The fraction of sp³-hybridized carbons (Fsp3) is 0.182. The molecule has 0 unspecified atom stereocenters. The topological polar surface area (TPSA) is 99.9 Å². The molecule has 1 heterocycles. The van der Waals surface area contributed by atoms with Gasteiger partial charge < -0.3 is 14.6 Å². The van der Waals surface area contributed by atoms with Crippen molar-refractivity contribution in [2.45, 2.75) is 13.0 Å². The highest BCUT2D eigenvalue weighted by Crippen LogP contribution is 2.35. The monoisotopic (exact) mass is 454 g/mol. The molecule has 1 aliphatic heterocycles. The first kappa shape index (κ1) is 22.3. The number of carboxylic acid groups (broad SMARTS) is 1. The predicted octanol–water partition coefficient (Wildman–Crippen LogP) is 3.82. The van der Waals surface area contributed by atoms with Crippen LogP contribution in [0.15, 0.2) is 47.4 Å². The van der Waals surface area contributed by atoms with Gasteiger partial charge in [-0.2, -0.15) is 5.26 Å². The van der Waals surface area contributed by atoms with Crippen molar-refractivity contribution in [1.29, 1.82) is 5.26 Å². The third-order valence-electron chi connectivity index (χ3n) is 4.43. The zero-order valence-corrected chi connectivity index (χ0v) is 18.2. The van der Waals surface area contributed by atoms with Crippen LogP contribution in [0.5, 0.6) is 11.5 Å². The minimum absolute atomic E-state index is 0.0393. The lowest BCUT2D eigenvalue weighted by Gasteiger charge is -2.13. The lowest BCUT2D eigenvalue weighted by atomic mass is 10.1. The molecule has 0 aliphatic carbocycles. The summed E-state index contributed by atoms with van der Waals surface area (Å²) in [5.74, 6) is -0.328. The van der Waals surface area contributed by atoms with Crippen molar-refractivity contribution in [3.63, 3.8) is 0 Å². The Kier molecular flexibility index (Phi) is 7.28. The summed E-state index contributed by atoms with van der Waals surface area (Å²) in [6.45, 7) is 0.249. The number of thioether (sulfide) groups is 1. The third kappa shape index (κ3) is 5.42. The predicted molar refractivity (Wildman–Crippen MR) is 121 cm³/mol. The number of benzene rings is 2. The number of methoxy groups -OCH3 is 1. The van der Waals surface area contributed by atoms with Gasteiger partial charge in [-0.15, -0.1) is 0 Å². The summed E-state index contributed by atoms with van der Waals surface area (Å²) in [7, 11) is 1.51. The van der Waals surface area contributed by atoms with Gasteiger partial charge in [0.15, 0.2) is 11.5 Å². The number of carboxylic acids is 1. The molecule has 1 fully saturated rings. The molecule has 3 rings (SSSR count). The fourth-order valence-corrected chi connectivity index (χ4v) is 4.16. The largest absolute Gasteiger partial charge is 0.493 e. The molecular weight excluding hydrogens is 436 g/mol. The number of hydrogen-bond donors (Lipinski definition) is 1. The summed E-state index contributed by atoms with van der Waals surface area (Å²) in [4.78, 5) is 25.0. The SMILES string of the molecule is COc1cc(/C=C2/SC(=S)N(CCC(=O)O)C2=O)ccc1OCc1ccccc1C#N. The second kappa shape index (κ2) is 10.1. The molecular formula is C22H18N2O5S2. The van der Waals surface area contributed by atoms with Crippen molar-refractivity contribution in [2.75, 3.05) is 13.7 Å². The van der Waals surface area contributed by atoms with Crippen molar-refractivity contribution < 1.29 is 24.2 Å². The van der Waals surface area contributed by atoms with Gasteiger partial charge in [-0.3, -0.25) is 14.5 Å². The molecule has 1 aliphatic rings. The van der Waals surface area contributed by atoms with E-state index in [-0.39, 0.29) is 25.5 Å². The van der Waals surface area contributed by atoms with Crippen LogP contribution in [-0.2, 0) is 16.2 Å². The molecule has 1 saturated heterocycles. The second-order valence-electron chi connectivity index (χ2n) is 6.45. The Bertz CT molecular complexity index is 1110. The smallest absolute Gasteiger partial charge is 0.305 e. The van der Waals surface area contributed by atoms with Gasteiger partial charge in [-0.25, -0.2) is 0 Å². The number of hydrogen-bond acceptors (Lipinski definition) is 7. The summed E-state index contributed by atoms with van der Waals surface area (Å²) >= 11 is 6.33. The summed E-state index contributed by atoms with van der Waals surface area (Å²) in [6.07, 6.45) is 1.51. The number of carbonyl (C=O) groups excluding carboxylic acids is 1. The van der Waals surface area contributed by atoms with E-state index in [1.807, 2.05) is 12.1 Å². The lowest BCUT2D eigenvalue weighted by Crippen LogP contribution is -2.30. The fourth-order valence-electron chi connectivity index (χ4n) is 2.86. The standard InChI is InChI=1S/C22H18N2O5S2/c1-28-18-10-14(11-19-21(27)24(22(30)31-19)9-8-20(25)26)6-7-17(18)29-13-16-5-3-2-4-15(16)12-23/h2-7,10-11H,8-9,13H2,1H3,(H,25,26)/b19-11+. The van der Waals surface area contributed by atoms with E-state index in [4.69, 9.17) is 26.8 Å². The molecule has 2 aromatic rings. The molecule has 31 heavy (non-hydrogen) atoms. The molecule has 2 aromatic carbocycles. The Hall–Kier alpha value is -3.35. The van der Waals surface area contributed by atoms with E-state index in [1.54, 1.807) is 36.4 Å². The van der Waals surface area contributed by atoms with Crippen molar-refractivity contribution in [1.82, 2.24) is 4.90 Å². The van der Waals surface area contributed by atoms with Gasteiger partial charge in [-0.05, 0) is 29.8 Å². The summed E-state index contributed by atoms with van der Waals surface area (Å²) in [5.41, 5.74) is 2.02. The number of ether oxygens (including phenoxy) is 2. The highest BCUT2D eigenvalue weighted by atomic mass is 32.2. The number of amides is 1.